The molecule has 3 rings (SSSR count). The molecular weight excluding hydrogens is 575 g/mol. The first-order valence-electron chi connectivity index (χ1n) is 14.3. The zero-order chi connectivity index (χ0) is 27.0. The van der Waals surface area contributed by atoms with Gasteiger partial charge in [0.15, 0.2) is 24.3 Å². The minimum absolute atomic E-state index is 0. The number of ether oxygens (including phenoxy) is 1. The number of benzene rings is 2. The highest BCUT2D eigenvalue weighted by atomic mass is 79.9. The lowest BCUT2D eigenvalue weighted by atomic mass is 10.1. The van der Waals surface area contributed by atoms with Crippen molar-refractivity contribution >= 4 is 22.9 Å². The number of hydrogen-bond donors (Lipinski definition) is 1. The molecule has 39 heavy (non-hydrogen) atoms. The Kier molecular flexibility index (Phi) is 16.0. The van der Waals surface area contributed by atoms with Gasteiger partial charge in [0.1, 0.15) is 0 Å². The number of aryl methyl sites for hydroxylation is 1. The van der Waals surface area contributed by atoms with Crippen LogP contribution in [0.25, 0.3) is 0 Å². The van der Waals surface area contributed by atoms with Crippen molar-refractivity contribution in [2.75, 3.05) is 11.9 Å². The van der Waals surface area contributed by atoms with Crippen LogP contribution in [0.4, 0.5) is 10.1 Å². The molecule has 1 N–H and O–H groups in total. The van der Waals surface area contributed by atoms with E-state index in [1.165, 1.54) is 75.3 Å². The number of amides is 1. The van der Waals surface area contributed by atoms with Gasteiger partial charge in [-0.25, -0.2) is 4.39 Å². The molecule has 1 heterocycles. The van der Waals surface area contributed by atoms with Crippen molar-refractivity contribution in [1.29, 1.82) is 0 Å². The number of unbranched alkanes of at least 4 members (excludes halogenated alkanes) is 11. The number of thiazole rings is 1. The number of hydrogen-bond acceptors (Lipinski definition) is 3. The third kappa shape index (κ3) is 11.8. The number of anilines is 1. The van der Waals surface area contributed by atoms with Gasteiger partial charge in [0.25, 0.3) is 5.91 Å². The monoisotopic (exact) mass is 618 g/mol. The predicted octanol–water partition coefficient (Wildman–Crippen LogP) is 5.87. The molecule has 3 aromatic rings. The molecule has 0 unspecified atom stereocenters. The molecule has 0 saturated heterocycles. The number of aromatic nitrogens is 1. The van der Waals surface area contributed by atoms with Crippen molar-refractivity contribution in [3.05, 3.63) is 76.0 Å². The number of para-hydroxylation sites is 1. The topological polar surface area (TPSA) is 42.2 Å². The Morgan fingerprint density at radius 3 is 2.10 bits per heavy atom. The van der Waals surface area contributed by atoms with Crippen molar-refractivity contribution < 1.29 is 35.5 Å². The van der Waals surface area contributed by atoms with Crippen LogP contribution >= 0.6 is 11.3 Å². The van der Waals surface area contributed by atoms with Crippen LogP contribution in [0.3, 0.4) is 0 Å². The molecule has 0 bridgehead atoms. The van der Waals surface area contributed by atoms with Crippen LogP contribution in [0, 0.1) is 12.7 Å². The van der Waals surface area contributed by atoms with Gasteiger partial charge in [0.2, 0.25) is 5.01 Å². The first-order valence-corrected chi connectivity index (χ1v) is 15.2. The maximum atomic E-state index is 14.6. The van der Waals surface area contributed by atoms with Crippen LogP contribution < -0.4 is 31.6 Å². The van der Waals surface area contributed by atoms with Crippen molar-refractivity contribution in [3.8, 4) is 5.75 Å². The van der Waals surface area contributed by atoms with E-state index in [9.17, 15) is 9.18 Å². The van der Waals surface area contributed by atoms with Gasteiger partial charge >= 0.3 is 0 Å². The standard InChI is InChI=1S/C32H43FN2O2S.BrH/c1-3-4-5-6-7-8-9-10-11-12-13-14-23-37-31-29(16-15-17-30(31)33)32(36)34-28-20-18-27(19-21-28)25-35-22-24-38-26(35)2;/h15-22,24H,3-14,23,25H2,1-2H3;1H. The Labute approximate surface area is 248 Å². The highest BCUT2D eigenvalue weighted by Gasteiger charge is 2.17. The number of carbonyl (C=O) groups is 1. The molecule has 0 aliphatic carbocycles. The first kappa shape index (κ1) is 33.0. The molecule has 0 saturated carbocycles. The second-order valence-electron chi connectivity index (χ2n) is 10.1. The maximum absolute atomic E-state index is 14.6. The van der Waals surface area contributed by atoms with Crippen LogP contribution in [0.5, 0.6) is 5.75 Å². The van der Waals surface area contributed by atoms with Crippen LogP contribution in [0.15, 0.2) is 54.0 Å². The number of rotatable bonds is 18. The molecule has 2 aromatic carbocycles. The summed E-state index contributed by atoms with van der Waals surface area (Å²) in [6.07, 6.45) is 17.2. The molecule has 0 atom stereocenters. The fraction of sp³-hybridized carbons (Fsp3) is 0.500. The van der Waals surface area contributed by atoms with Gasteiger partial charge in [0.05, 0.1) is 17.6 Å². The maximum Gasteiger partial charge on any atom is 0.259 e. The smallest absolute Gasteiger partial charge is 0.259 e. The molecule has 214 valence electrons. The summed E-state index contributed by atoms with van der Waals surface area (Å²) < 4.78 is 22.5. The molecule has 4 nitrogen and oxygen atoms in total. The molecule has 1 aromatic heterocycles. The Morgan fingerprint density at radius 1 is 0.897 bits per heavy atom. The van der Waals surface area contributed by atoms with Crippen molar-refractivity contribution in [2.45, 2.75) is 97.4 Å². The molecule has 7 heteroatoms. The fourth-order valence-corrected chi connectivity index (χ4v) is 5.24. The number of carbonyl (C=O) groups excluding carboxylic acids is 1. The van der Waals surface area contributed by atoms with Crippen molar-refractivity contribution in [1.82, 2.24) is 0 Å². The van der Waals surface area contributed by atoms with Gasteiger partial charge in [-0.1, -0.05) is 107 Å². The lowest BCUT2D eigenvalue weighted by molar-refractivity contribution is -0.689. The van der Waals surface area contributed by atoms with Gasteiger partial charge < -0.3 is 27.0 Å². The molecule has 0 radical (unpaired) electrons. The second-order valence-corrected chi connectivity index (χ2v) is 11.2. The molecule has 0 aliphatic heterocycles. The van der Waals surface area contributed by atoms with E-state index in [0.29, 0.717) is 12.3 Å². The quantitative estimate of drug-likeness (QED) is 0.143. The Bertz CT molecular complexity index is 1100. The average molecular weight is 620 g/mol. The summed E-state index contributed by atoms with van der Waals surface area (Å²) in [4.78, 5) is 12.9. The summed E-state index contributed by atoms with van der Waals surface area (Å²) in [6, 6.07) is 12.2. The van der Waals surface area contributed by atoms with Crippen molar-refractivity contribution in [3.63, 3.8) is 0 Å². The summed E-state index contributed by atoms with van der Waals surface area (Å²) in [7, 11) is 0. The molecule has 0 fully saturated rings. The van der Waals surface area contributed by atoms with E-state index in [2.05, 4.69) is 35.3 Å². The van der Waals surface area contributed by atoms with Gasteiger partial charge in [-0.05, 0) is 30.7 Å². The Hall–Kier alpha value is -2.25. The Balaban J connectivity index is 0.00000533. The average Bonchev–Trinajstić information content (AvgIpc) is 3.32. The lowest BCUT2D eigenvalue weighted by Crippen LogP contribution is -3.00. The van der Waals surface area contributed by atoms with E-state index in [4.69, 9.17) is 4.74 Å². The van der Waals surface area contributed by atoms with Gasteiger partial charge in [-0.15, -0.1) is 0 Å². The van der Waals surface area contributed by atoms with Crippen LogP contribution in [-0.4, -0.2) is 12.5 Å². The van der Waals surface area contributed by atoms with E-state index in [0.717, 1.165) is 24.9 Å². The number of halogens is 2. The summed E-state index contributed by atoms with van der Waals surface area (Å²) in [5.41, 5.74) is 2.03. The normalized spacial score (nSPS) is 10.7. The fourth-order valence-electron chi connectivity index (χ4n) is 4.58. The van der Waals surface area contributed by atoms with E-state index >= 15 is 0 Å². The highest BCUT2D eigenvalue weighted by Crippen LogP contribution is 2.25. The molecule has 0 aliphatic rings. The number of nitrogens with zero attached hydrogens (tertiary/aromatic N) is 1. The third-order valence-corrected chi connectivity index (χ3v) is 7.74. The zero-order valence-corrected chi connectivity index (χ0v) is 25.9. The second kappa shape index (κ2) is 18.9. The SMILES string of the molecule is CCCCCCCCCCCCCCOc1c(F)cccc1C(=O)Nc1ccc(C[n+]2ccsc2C)cc1.[Br-]. The van der Waals surface area contributed by atoms with Crippen LogP contribution in [0.2, 0.25) is 0 Å². The predicted molar refractivity (Wildman–Crippen MR) is 156 cm³/mol. The van der Waals surface area contributed by atoms with Gasteiger partial charge in [-0.2, -0.15) is 4.57 Å². The van der Waals surface area contributed by atoms with Crippen LogP contribution in [0.1, 0.15) is 105 Å². The summed E-state index contributed by atoms with van der Waals surface area (Å²) in [5, 5.41) is 6.19. The van der Waals surface area contributed by atoms with Crippen LogP contribution in [-0.2, 0) is 6.54 Å². The number of nitrogens with one attached hydrogen (secondary N) is 1. The van der Waals surface area contributed by atoms with Gasteiger partial charge in [-0.3, -0.25) is 4.79 Å². The Morgan fingerprint density at radius 2 is 1.51 bits per heavy atom. The minimum atomic E-state index is -0.505. The van der Waals surface area contributed by atoms with E-state index in [-0.39, 0.29) is 34.2 Å². The van der Waals surface area contributed by atoms with E-state index < -0.39 is 5.82 Å². The summed E-state index contributed by atoms with van der Waals surface area (Å²) in [6.45, 7) is 5.54. The third-order valence-electron chi connectivity index (χ3n) is 6.90. The van der Waals surface area contributed by atoms with E-state index in [1.807, 2.05) is 24.3 Å². The molecule has 0 spiro atoms. The van der Waals surface area contributed by atoms with E-state index in [1.54, 1.807) is 23.5 Å². The first-order chi connectivity index (χ1) is 18.6. The summed E-state index contributed by atoms with van der Waals surface area (Å²) in [5.74, 6) is -0.839. The molecule has 1 amide bonds. The summed E-state index contributed by atoms with van der Waals surface area (Å²) >= 11 is 1.71. The van der Waals surface area contributed by atoms with Gasteiger partial charge in [0, 0.05) is 18.2 Å². The van der Waals surface area contributed by atoms with Crippen molar-refractivity contribution in [2.24, 2.45) is 0 Å². The lowest BCUT2D eigenvalue weighted by Gasteiger charge is -2.13. The largest absolute Gasteiger partial charge is 1.00 e. The molecular formula is C32H44BrFN2O2S. The minimum Gasteiger partial charge on any atom is -1.00 e. The zero-order valence-electron chi connectivity index (χ0n) is 23.5. The highest BCUT2D eigenvalue weighted by molar-refractivity contribution is 7.09.